The minimum atomic E-state index is 0.301. The molecule has 0 radical (unpaired) electrons. The Morgan fingerprint density at radius 1 is 0.880 bits per heavy atom. The van der Waals surface area contributed by atoms with Crippen LogP contribution in [0.2, 0.25) is 0 Å². The molecule has 0 aromatic heterocycles. The van der Waals surface area contributed by atoms with Crippen molar-refractivity contribution in [3.8, 4) is 5.75 Å². The number of benzene rings is 2. The van der Waals surface area contributed by atoms with Crippen LogP contribution in [0.4, 0.5) is 0 Å². The second-order valence-corrected chi connectivity index (χ2v) is 7.07. The summed E-state index contributed by atoms with van der Waals surface area (Å²) in [7, 11) is 0. The van der Waals surface area contributed by atoms with E-state index >= 15 is 0 Å². The van der Waals surface area contributed by atoms with Crippen molar-refractivity contribution in [2.45, 2.75) is 37.9 Å². The number of hydrogen-bond donors (Lipinski definition) is 0. The largest absolute Gasteiger partial charge is 0.490 e. The summed E-state index contributed by atoms with van der Waals surface area (Å²) >= 11 is 0. The molecule has 1 saturated heterocycles. The van der Waals surface area contributed by atoms with E-state index in [0.717, 1.165) is 57.7 Å². The van der Waals surface area contributed by atoms with Crippen LogP contribution in [-0.2, 0) is 11.2 Å². The van der Waals surface area contributed by atoms with Crippen molar-refractivity contribution >= 4 is 0 Å². The summed E-state index contributed by atoms with van der Waals surface area (Å²) in [6, 6.07) is 18.9. The highest BCUT2D eigenvalue weighted by Crippen LogP contribution is 2.33. The number of fused-ring (bicyclic) bond motifs is 1. The Morgan fingerprint density at radius 3 is 2.48 bits per heavy atom. The molecule has 2 aromatic carbocycles. The lowest BCUT2D eigenvalue weighted by atomic mass is 10.1. The maximum atomic E-state index is 6.18. The number of ether oxygens (including phenoxy) is 2. The predicted octanol–water partition coefficient (Wildman–Crippen LogP) is 4.23. The van der Waals surface area contributed by atoms with Crippen LogP contribution in [0.3, 0.4) is 0 Å². The third kappa shape index (κ3) is 4.23. The summed E-state index contributed by atoms with van der Waals surface area (Å²) in [5, 5.41) is 0. The van der Waals surface area contributed by atoms with Gasteiger partial charge in [-0.2, -0.15) is 0 Å². The SMILES string of the molecule is c1ccc(OC2CCN(CCOC3CCc4ccccc43)CC2)cc1. The molecule has 0 amide bonds. The van der Waals surface area contributed by atoms with Gasteiger partial charge in [-0.15, -0.1) is 0 Å². The number of aryl methyl sites for hydroxylation is 1. The molecule has 3 heteroatoms. The maximum absolute atomic E-state index is 6.18. The fourth-order valence-electron chi connectivity index (χ4n) is 3.96. The van der Waals surface area contributed by atoms with Crippen LogP contribution in [0, 0.1) is 0 Å². The Balaban J connectivity index is 1.17. The predicted molar refractivity (Wildman–Crippen MR) is 100.0 cm³/mol. The van der Waals surface area contributed by atoms with E-state index in [2.05, 4.69) is 29.2 Å². The molecule has 1 unspecified atom stereocenters. The smallest absolute Gasteiger partial charge is 0.119 e. The van der Waals surface area contributed by atoms with Gasteiger partial charge in [-0.1, -0.05) is 42.5 Å². The van der Waals surface area contributed by atoms with Gasteiger partial charge in [0.25, 0.3) is 0 Å². The number of piperidine rings is 1. The lowest BCUT2D eigenvalue weighted by Gasteiger charge is -2.32. The van der Waals surface area contributed by atoms with Crippen LogP contribution >= 0.6 is 0 Å². The van der Waals surface area contributed by atoms with Crippen molar-refractivity contribution in [2.24, 2.45) is 0 Å². The molecule has 1 aliphatic carbocycles. The van der Waals surface area contributed by atoms with Crippen molar-refractivity contribution in [1.82, 2.24) is 4.90 Å². The molecule has 2 aliphatic rings. The van der Waals surface area contributed by atoms with Gasteiger partial charge >= 0.3 is 0 Å². The topological polar surface area (TPSA) is 21.7 Å². The van der Waals surface area contributed by atoms with Gasteiger partial charge in [-0.3, -0.25) is 0 Å². The van der Waals surface area contributed by atoms with Crippen LogP contribution in [0.1, 0.15) is 36.5 Å². The summed E-state index contributed by atoms with van der Waals surface area (Å²) in [5.74, 6) is 0.990. The minimum absolute atomic E-state index is 0.301. The standard InChI is InChI=1S/C22H27NO2/c1-2-7-19(8-3-1)25-20-12-14-23(15-13-20)16-17-24-22-11-10-18-6-4-5-9-21(18)22/h1-9,20,22H,10-17H2. The van der Waals surface area contributed by atoms with Crippen molar-refractivity contribution in [3.63, 3.8) is 0 Å². The monoisotopic (exact) mass is 337 g/mol. The molecule has 132 valence electrons. The van der Waals surface area contributed by atoms with E-state index < -0.39 is 0 Å². The first-order valence-corrected chi connectivity index (χ1v) is 9.52. The van der Waals surface area contributed by atoms with E-state index in [1.807, 2.05) is 30.3 Å². The molecule has 4 rings (SSSR count). The lowest BCUT2D eigenvalue weighted by Crippen LogP contribution is -2.39. The first kappa shape index (κ1) is 16.6. The summed E-state index contributed by atoms with van der Waals surface area (Å²) in [6.07, 6.45) is 5.13. The van der Waals surface area contributed by atoms with Gasteiger partial charge in [-0.25, -0.2) is 0 Å². The van der Waals surface area contributed by atoms with Crippen molar-refractivity contribution in [1.29, 1.82) is 0 Å². The second-order valence-electron chi connectivity index (χ2n) is 7.07. The molecule has 25 heavy (non-hydrogen) atoms. The normalized spacial score (nSPS) is 21.2. The molecule has 3 nitrogen and oxygen atoms in total. The van der Waals surface area contributed by atoms with Gasteiger partial charge in [0.1, 0.15) is 11.9 Å². The highest BCUT2D eigenvalue weighted by Gasteiger charge is 2.24. The number of para-hydroxylation sites is 1. The second kappa shape index (κ2) is 8.03. The van der Waals surface area contributed by atoms with Crippen LogP contribution in [-0.4, -0.2) is 37.2 Å². The zero-order chi connectivity index (χ0) is 16.9. The summed E-state index contributed by atoms with van der Waals surface area (Å²) in [6.45, 7) is 4.05. The van der Waals surface area contributed by atoms with E-state index in [1.165, 1.54) is 11.1 Å². The van der Waals surface area contributed by atoms with E-state index in [4.69, 9.17) is 9.47 Å². The van der Waals surface area contributed by atoms with Gasteiger partial charge in [0, 0.05) is 19.6 Å². The van der Waals surface area contributed by atoms with Crippen LogP contribution in [0.25, 0.3) is 0 Å². The average molecular weight is 337 g/mol. The molecule has 1 heterocycles. The first-order chi connectivity index (χ1) is 12.4. The number of nitrogens with zero attached hydrogens (tertiary/aromatic N) is 1. The summed E-state index contributed by atoms with van der Waals surface area (Å²) in [4.78, 5) is 2.51. The van der Waals surface area contributed by atoms with Crippen molar-refractivity contribution in [2.75, 3.05) is 26.2 Å². The molecular weight excluding hydrogens is 310 g/mol. The number of rotatable bonds is 6. The Hall–Kier alpha value is -1.84. The third-order valence-electron chi connectivity index (χ3n) is 5.38. The minimum Gasteiger partial charge on any atom is -0.490 e. The molecule has 2 aromatic rings. The fraction of sp³-hybridized carbons (Fsp3) is 0.455. The average Bonchev–Trinajstić information content (AvgIpc) is 3.07. The maximum Gasteiger partial charge on any atom is 0.119 e. The zero-order valence-corrected chi connectivity index (χ0v) is 14.8. The van der Waals surface area contributed by atoms with Gasteiger partial charge in [0.2, 0.25) is 0 Å². The molecule has 1 fully saturated rings. The zero-order valence-electron chi connectivity index (χ0n) is 14.8. The van der Waals surface area contributed by atoms with E-state index in [9.17, 15) is 0 Å². The lowest BCUT2D eigenvalue weighted by molar-refractivity contribution is 0.0248. The van der Waals surface area contributed by atoms with Crippen LogP contribution in [0.5, 0.6) is 5.75 Å². The van der Waals surface area contributed by atoms with Gasteiger partial charge in [-0.05, 0) is 48.9 Å². The Kier molecular flexibility index (Phi) is 5.34. The van der Waals surface area contributed by atoms with Crippen molar-refractivity contribution in [3.05, 3.63) is 65.7 Å². The van der Waals surface area contributed by atoms with Crippen molar-refractivity contribution < 1.29 is 9.47 Å². The molecule has 0 N–H and O–H groups in total. The number of likely N-dealkylation sites (tertiary alicyclic amines) is 1. The van der Waals surface area contributed by atoms with Crippen LogP contribution < -0.4 is 4.74 Å². The summed E-state index contributed by atoms with van der Waals surface area (Å²) < 4.78 is 12.3. The highest BCUT2D eigenvalue weighted by molar-refractivity contribution is 5.33. The Labute approximate surface area is 150 Å². The fourth-order valence-corrected chi connectivity index (χ4v) is 3.96. The molecule has 1 aliphatic heterocycles. The quantitative estimate of drug-likeness (QED) is 0.787. The molecule has 1 atom stereocenters. The van der Waals surface area contributed by atoms with E-state index in [0.29, 0.717) is 12.2 Å². The van der Waals surface area contributed by atoms with Gasteiger partial charge in [0.05, 0.1) is 12.7 Å². The molecule has 0 bridgehead atoms. The van der Waals surface area contributed by atoms with Gasteiger partial charge in [0.15, 0.2) is 0 Å². The number of hydrogen-bond acceptors (Lipinski definition) is 3. The van der Waals surface area contributed by atoms with Gasteiger partial charge < -0.3 is 14.4 Å². The molecule has 0 spiro atoms. The highest BCUT2D eigenvalue weighted by atomic mass is 16.5. The molecular formula is C22H27NO2. The third-order valence-corrected chi connectivity index (χ3v) is 5.38. The van der Waals surface area contributed by atoms with E-state index in [1.54, 1.807) is 0 Å². The summed E-state index contributed by atoms with van der Waals surface area (Å²) in [5.41, 5.74) is 2.86. The van der Waals surface area contributed by atoms with Crippen LogP contribution in [0.15, 0.2) is 54.6 Å². The van der Waals surface area contributed by atoms with E-state index in [-0.39, 0.29) is 0 Å². The Morgan fingerprint density at radius 2 is 1.64 bits per heavy atom. The first-order valence-electron chi connectivity index (χ1n) is 9.52. The Bertz CT molecular complexity index is 665. The molecule has 0 saturated carbocycles.